The number of nitrogens with zero attached hydrogens (tertiary/aromatic N) is 1. The smallest absolute Gasteiger partial charge is 0.0957 e. The number of thiazole rings is 1. The summed E-state index contributed by atoms with van der Waals surface area (Å²) in [5.74, 6) is 0. The molecule has 0 amide bonds. The van der Waals surface area contributed by atoms with Crippen LogP contribution in [0, 0.1) is 0 Å². The van der Waals surface area contributed by atoms with E-state index in [1.54, 1.807) is 22.7 Å². The van der Waals surface area contributed by atoms with Crippen molar-refractivity contribution >= 4 is 48.8 Å². The molecule has 0 fully saturated rings. The van der Waals surface area contributed by atoms with Gasteiger partial charge in [-0.3, -0.25) is 0 Å². The highest BCUT2D eigenvalue weighted by Gasteiger charge is 2.15. The summed E-state index contributed by atoms with van der Waals surface area (Å²) in [5, 5.41) is 4.76. The summed E-state index contributed by atoms with van der Waals surface area (Å²) in [5.41, 5.74) is 1.11. The van der Waals surface area contributed by atoms with Crippen molar-refractivity contribution in [2.24, 2.45) is 0 Å². The first-order valence-electron chi connectivity index (χ1n) is 6.59. The van der Waals surface area contributed by atoms with Crippen molar-refractivity contribution in [2.75, 3.05) is 6.54 Å². The van der Waals surface area contributed by atoms with E-state index in [0.717, 1.165) is 18.5 Å². The van der Waals surface area contributed by atoms with Gasteiger partial charge in [0, 0.05) is 17.3 Å². The molecule has 2 aromatic heterocycles. The zero-order valence-electron chi connectivity index (χ0n) is 11.1. The van der Waals surface area contributed by atoms with Gasteiger partial charge in [0.15, 0.2) is 0 Å². The van der Waals surface area contributed by atoms with E-state index < -0.39 is 0 Å². The first-order chi connectivity index (χ1) is 9.76. The largest absolute Gasteiger partial charge is 0.309 e. The lowest BCUT2D eigenvalue weighted by Gasteiger charge is -2.14. The van der Waals surface area contributed by atoms with Crippen molar-refractivity contribution in [1.29, 1.82) is 0 Å². The number of halogens is 1. The molecular weight excluding hydrogens is 352 g/mol. The van der Waals surface area contributed by atoms with Gasteiger partial charge in [-0.2, -0.15) is 0 Å². The minimum Gasteiger partial charge on any atom is -0.309 e. The SMILES string of the molecule is CCNC(Cc1nc2ccccc2s1)c1ccc(Br)s1. The first-order valence-corrected chi connectivity index (χ1v) is 9.02. The molecule has 1 unspecified atom stereocenters. The van der Waals surface area contributed by atoms with Crippen LogP contribution in [0.5, 0.6) is 0 Å². The van der Waals surface area contributed by atoms with Crippen LogP contribution >= 0.6 is 38.6 Å². The zero-order valence-corrected chi connectivity index (χ0v) is 14.3. The van der Waals surface area contributed by atoms with Gasteiger partial charge in [0.25, 0.3) is 0 Å². The van der Waals surface area contributed by atoms with Gasteiger partial charge in [-0.05, 0) is 46.7 Å². The molecule has 3 aromatic rings. The van der Waals surface area contributed by atoms with Crippen LogP contribution in [0.15, 0.2) is 40.2 Å². The second kappa shape index (κ2) is 6.35. The molecule has 104 valence electrons. The number of benzene rings is 1. The third-order valence-corrected chi connectivity index (χ3v) is 5.90. The van der Waals surface area contributed by atoms with Gasteiger partial charge in [0.2, 0.25) is 0 Å². The maximum Gasteiger partial charge on any atom is 0.0957 e. The van der Waals surface area contributed by atoms with Crippen LogP contribution in [0.3, 0.4) is 0 Å². The third kappa shape index (κ3) is 3.11. The second-order valence-electron chi connectivity index (χ2n) is 4.53. The van der Waals surface area contributed by atoms with Crippen LogP contribution < -0.4 is 5.32 Å². The van der Waals surface area contributed by atoms with Crippen LogP contribution in [0.4, 0.5) is 0 Å². The quantitative estimate of drug-likeness (QED) is 0.685. The average molecular weight is 367 g/mol. The molecule has 2 heterocycles. The van der Waals surface area contributed by atoms with Crippen LogP contribution in [0.1, 0.15) is 22.9 Å². The molecule has 0 saturated carbocycles. The van der Waals surface area contributed by atoms with Crippen molar-refractivity contribution in [3.8, 4) is 0 Å². The Morgan fingerprint density at radius 3 is 2.75 bits per heavy atom. The van der Waals surface area contributed by atoms with E-state index in [9.17, 15) is 0 Å². The Morgan fingerprint density at radius 2 is 2.05 bits per heavy atom. The molecule has 0 aliphatic heterocycles. The fourth-order valence-corrected chi connectivity index (χ4v) is 4.73. The number of aromatic nitrogens is 1. The predicted octanol–water partition coefficient (Wildman–Crippen LogP) is 5.01. The van der Waals surface area contributed by atoms with Gasteiger partial charge in [0.1, 0.15) is 0 Å². The molecule has 1 aromatic carbocycles. The Labute approximate surface area is 135 Å². The highest BCUT2D eigenvalue weighted by molar-refractivity contribution is 9.11. The number of para-hydroxylation sites is 1. The van der Waals surface area contributed by atoms with E-state index in [-0.39, 0.29) is 0 Å². The number of likely N-dealkylation sites (N-methyl/N-ethyl adjacent to an activating group) is 1. The van der Waals surface area contributed by atoms with Gasteiger partial charge in [-0.25, -0.2) is 4.98 Å². The summed E-state index contributed by atoms with van der Waals surface area (Å²) < 4.78 is 2.45. The monoisotopic (exact) mass is 366 g/mol. The van der Waals surface area contributed by atoms with Gasteiger partial charge in [-0.15, -0.1) is 22.7 Å². The number of nitrogens with one attached hydrogen (secondary N) is 1. The minimum absolute atomic E-state index is 0.344. The van der Waals surface area contributed by atoms with E-state index in [1.165, 1.54) is 18.4 Å². The fourth-order valence-electron chi connectivity index (χ4n) is 2.22. The Hall–Kier alpha value is -0.750. The molecule has 1 atom stereocenters. The average Bonchev–Trinajstić information content (AvgIpc) is 3.03. The van der Waals surface area contributed by atoms with E-state index in [0.29, 0.717) is 6.04 Å². The number of fused-ring (bicyclic) bond motifs is 1. The molecular formula is C15H15BrN2S2. The Kier molecular flexibility index (Phi) is 4.51. The van der Waals surface area contributed by atoms with Crippen molar-refractivity contribution < 1.29 is 0 Å². The molecule has 0 aliphatic rings. The molecule has 0 bridgehead atoms. The second-order valence-corrected chi connectivity index (χ2v) is 8.14. The lowest BCUT2D eigenvalue weighted by atomic mass is 10.2. The Balaban J connectivity index is 1.85. The molecule has 2 nitrogen and oxygen atoms in total. The van der Waals surface area contributed by atoms with Crippen molar-refractivity contribution in [2.45, 2.75) is 19.4 Å². The van der Waals surface area contributed by atoms with E-state index in [1.807, 2.05) is 6.07 Å². The molecule has 3 rings (SSSR count). The van der Waals surface area contributed by atoms with Gasteiger partial charge in [-0.1, -0.05) is 19.1 Å². The highest BCUT2D eigenvalue weighted by Crippen LogP contribution is 2.31. The topological polar surface area (TPSA) is 24.9 Å². The molecule has 0 spiro atoms. The van der Waals surface area contributed by atoms with Crippen LogP contribution in [-0.2, 0) is 6.42 Å². The number of hydrogen-bond acceptors (Lipinski definition) is 4. The number of rotatable bonds is 5. The summed E-state index contributed by atoms with van der Waals surface area (Å²) in [4.78, 5) is 6.10. The van der Waals surface area contributed by atoms with Gasteiger partial charge < -0.3 is 5.32 Å². The fraction of sp³-hybridized carbons (Fsp3) is 0.267. The molecule has 0 aliphatic carbocycles. The Bertz CT molecular complexity index is 672. The van der Waals surface area contributed by atoms with E-state index in [4.69, 9.17) is 4.98 Å². The molecule has 20 heavy (non-hydrogen) atoms. The normalized spacial score (nSPS) is 12.9. The summed E-state index contributed by atoms with van der Waals surface area (Å²) in [6.07, 6.45) is 0.945. The zero-order chi connectivity index (χ0) is 13.9. The maximum atomic E-state index is 4.74. The maximum absolute atomic E-state index is 4.74. The van der Waals surface area contributed by atoms with Crippen molar-refractivity contribution in [1.82, 2.24) is 10.3 Å². The standard InChI is InChI=1S/C15H15BrN2S2/c1-2-17-11(13-7-8-14(16)19-13)9-15-18-10-5-3-4-6-12(10)20-15/h3-8,11,17H,2,9H2,1H3. The summed E-state index contributed by atoms with van der Waals surface area (Å²) in [6.45, 7) is 3.11. The van der Waals surface area contributed by atoms with Crippen molar-refractivity contribution in [3.63, 3.8) is 0 Å². The van der Waals surface area contributed by atoms with Gasteiger partial charge in [0.05, 0.1) is 19.0 Å². The summed E-state index contributed by atoms with van der Waals surface area (Å²) in [7, 11) is 0. The molecule has 1 N–H and O–H groups in total. The lowest BCUT2D eigenvalue weighted by Crippen LogP contribution is -2.21. The van der Waals surface area contributed by atoms with E-state index in [2.05, 4.69) is 58.5 Å². The van der Waals surface area contributed by atoms with Gasteiger partial charge >= 0.3 is 0 Å². The minimum atomic E-state index is 0.344. The summed E-state index contributed by atoms with van der Waals surface area (Å²) in [6, 6.07) is 13.0. The molecule has 0 radical (unpaired) electrons. The van der Waals surface area contributed by atoms with E-state index >= 15 is 0 Å². The van der Waals surface area contributed by atoms with Crippen molar-refractivity contribution in [3.05, 3.63) is 50.1 Å². The lowest BCUT2D eigenvalue weighted by molar-refractivity contribution is 0.557. The number of hydrogen-bond donors (Lipinski definition) is 1. The predicted molar refractivity (Wildman–Crippen MR) is 91.8 cm³/mol. The third-order valence-electron chi connectivity index (χ3n) is 3.10. The molecule has 0 saturated heterocycles. The highest BCUT2D eigenvalue weighted by atomic mass is 79.9. The Morgan fingerprint density at radius 1 is 1.20 bits per heavy atom. The van der Waals surface area contributed by atoms with Crippen LogP contribution in [0.25, 0.3) is 10.2 Å². The molecule has 5 heteroatoms. The van der Waals surface area contributed by atoms with Crippen LogP contribution in [0.2, 0.25) is 0 Å². The first kappa shape index (κ1) is 14.2. The summed E-state index contributed by atoms with van der Waals surface area (Å²) >= 11 is 7.13. The number of thiophene rings is 1. The van der Waals surface area contributed by atoms with Crippen LogP contribution in [-0.4, -0.2) is 11.5 Å².